The molecule has 1 saturated heterocycles. The molecule has 0 radical (unpaired) electrons. The molecule has 6 nitrogen and oxygen atoms in total. The first-order chi connectivity index (χ1) is 14.0. The summed E-state index contributed by atoms with van der Waals surface area (Å²) in [6.07, 6.45) is 1.49. The highest BCUT2D eigenvalue weighted by molar-refractivity contribution is 5.82. The molecule has 0 spiro atoms. The van der Waals surface area contributed by atoms with Gasteiger partial charge in [-0.1, -0.05) is 24.3 Å². The van der Waals surface area contributed by atoms with Gasteiger partial charge < -0.3 is 9.80 Å². The summed E-state index contributed by atoms with van der Waals surface area (Å²) in [6, 6.07) is 13.0. The van der Waals surface area contributed by atoms with Crippen LogP contribution in [-0.2, 0) is 4.79 Å². The zero-order valence-electron chi connectivity index (χ0n) is 17.1. The van der Waals surface area contributed by atoms with Crippen LogP contribution in [0, 0.1) is 13.8 Å². The smallest absolute Gasteiger partial charge is 0.261 e. The zero-order chi connectivity index (χ0) is 20.5. The lowest BCUT2D eigenvalue weighted by molar-refractivity contribution is -0.134. The molecule has 2 aromatic carbocycles. The van der Waals surface area contributed by atoms with Gasteiger partial charge in [0.25, 0.3) is 5.56 Å². The standard InChI is InChI=1S/C23H26N4O2/c1-16-7-6-10-21(17(16)2)25-11-13-26(14-12-25)22(28)18(3)27-15-24-20-9-5-4-8-19(20)23(27)29/h4-10,15,18H,11-14H2,1-3H3/t18-/m1/s1. The van der Waals surface area contributed by atoms with Crippen LogP contribution in [0.1, 0.15) is 24.1 Å². The highest BCUT2D eigenvalue weighted by Crippen LogP contribution is 2.24. The van der Waals surface area contributed by atoms with E-state index in [0.717, 1.165) is 13.1 Å². The Bertz CT molecular complexity index is 1110. The lowest BCUT2D eigenvalue weighted by Crippen LogP contribution is -2.51. The highest BCUT2D eigenvalue weighted by atomic mass is 16.2. The predicted molar refractivity (Wildman–Crippen MR) is 115 cm³/mol. The van der Waals surface area contributed by atoms with E-state index in [2.05, 4.69) is 41.9 Å². The maximum Gasteiger partial charge on any atom is 0.261 e. The van der Waals surface area contributed by atoms with Gasteiger partial charge in [-0.2, -0.15) is 0 Å². The fourth-order valence-corrected chi connectivity index (χ4v) is 3.99. The second kappa shape index (κ2) is 7.70. The van der Waals surface area contributed by atoms with E-state index in [9.17, 15) is 9.59 Å². The van der Waals surface area contributed by atoms with Crippen LogP contribution < -0.4 is 10.5 Å². The molecule has 1 aliphatic rings. The summed E-state index contributed by atoms with van der Waals surface area (Å²) in [5.41, 5.74) is 4.27. The first kappa shape index (κ1) is 19.2. The van der Waals surface area contributed by atoms with Crippen LogP contribution in [0.4, 0.5) is 5.69 Å². The van der Waals surface area contributed by atoms with E-state index >= 15 is 0 Å². The number of carbonyl (C=O) groups is 1. The zero-order valence-corrected chi connectivity index (χ0v) is 17.1. The number of hydrogen-bond donors (Lipinski definition) is 0. The molecule has 1 amide bonds. The average Bonchev–Trinajstić information content (AvgIpc) is 2.75. The fourth-order valence-electron chi connectivity index (χ4n) is 3.99. The summed E-state index contributed by atoms with van der Waals surface area (Å²) < 4.78 is 1.45. The Morgan fingerprint density at radius 2 is 1.72 bits per heavy atom. The van der Waals surface area contributed by atoms with E-state index < -0.39 is 6.04 Å². The number of carbonyl (C=O) groups excluding carboxylic acids is 1. The first-order valence-corrected chi connectivity index (χ1v) is 10.0. The quantitative estimate of drug-likeness (QED) is 0.690. The summed E-state index contributed by atoms with van der Waals surface area (Å²) in [6.45, 7) is 8.90. The summed E-state index contributed by atoms with van der Waals surface area (Å²) in [4.78, 5) is 34.4. The third kappa shape index (κ3) is 3.50. The van der Waals surface area contributed by atoms with Crippen LogP contribution in [0.3, 0.4) is 0 Å². The van der Waals surface area contributed by atoms with Gasteiger partial charge in [0.1, 0.15) is 6.04 Å². The number of piperazine rings is 1. The number of benzene rings is 2. The van der Waals surface area contributed by atoms with Gasteiger partial charge >= 0.3 is 0 Å². The summed E-state index contributed by atoms with van der Waals surface area (Å²) in [7, 11) is 0. The van der Waals surface area contributed by atoms with Crippen LogP contribution in [0.25, 0.3) is 10.9 Å². The number of anilines is 1. The van der Waals surface area contributed by atoms with E-state index in [1.165, 1.54) is 27.7 Å². The van der Waals surface area contributed by atoms with Crippen LogP contribution in [-0.4, -0.2) is 46.5 Å². The molecule has 0 bridgehead atoms. The Labute approximate surface area is 170 Å². The lowest BCUT2D eigenvalue weighted by Gasteiger charge is -2.38. The van der Waals surface area contributed by atoms with Crippen LogP contribution in [0.5, 0.6) is 0 Å². The number of fused-ring (bicyclic) bond motifs is 1. The maximum atomic E-state index is 13.1. The van der Waals surface area contributed by atoms with Crippen molar-refractivity contribution >= 4 is 22.5 Å². The van der Waals surface area contributed by atoms with Crippen molar-refractivity contribution in [2.75, 3.05) is 31.1 Å². The normalized spacial score (nSPS) is 15.6. The molecule has 29 heavy (non-hydrogen) atoms. The van der Waals surface area contributed by atoms with E-state index in [0.29, 0.717) is 24.0 Å². The molecule has 0 saturated carbocycles. The SMILES string of the molecule is Cc1cccc(N2CCN(C(=O)[C@@H](C)n3cnc4ccccc4c3=O)CC2)c1C. The second-order valence-electron chi connectivity index (χ2n) is 7.68. The topological polar surface area (TPSA) is 58.4 Å². The Balaban J connectivity index is 1.49. The lowest BCUT2D eigenvalue weighted by atomic mass is 10.1. The van der Waals surface area contributed by atoms with Crippen molar-refractivity contribution in [3.05, 3.63) is 70.3 Å². The van der Waals surface area contributed by atoms with Gasteiger partial charge in [0.15, 0.2) is 0 Å². The number of amides is 1. The minimum absolute atomic E-state index is 0.0372. The monoisotopic (exact) mass is 390 g/mol. The largest absolute Gasteiger partial charge is 0.368 e. The summed E-state index contributed by atoms with van der Waals surface area (Å²) in [5, 5.41) is 0.536. The van der Waals surface area contributed by atoms with Crippen molar-refractivity contribution in [1.29, 1.82) is 0 Å². The summed E-state index contributed by atoms with van der Waals surface area (Å²) >= 11 is 0. The van der Waals surface area contributed by atoms with Gasteiger partial charge in [-0.3, -0.25) is 14.2 Å². The van der Waals surface area contributed by atoms with Crippen LogP contribution >= 0.6 is 0 Å². The number of rotatable bonds is 3. The minimum Gasteiger partial charge on any atom is -0.368 e. The Kier molecular flexibility index (Phi) is 5.09. The van der Waals surface area contributed by atoms with E-state index in [1.54, 1.807) is 19.1 Å². The van der Waals surface area contributed by atoms with Crippen molar-refractivity contribution in [3.63, 3.8) is 0 Å². The molecule has 0 N–H and O–H groups in total. The van der Waals surface area contributed by atoms with Crippen LogP contribution in [0.2, 0.25) is 0 Å². The number of nitrogens with zero attached hydrogens (tertiary/aromatic N) is 4. The van der Waals surface area contributed by atoms with Gasteiger partial charge in [0, 0.05) is 31.9 Å². The number of aromatic nitrogens is 2. The van der Waals surface area contributed by atoms with Crippen molar-refractivity contribution in [3.8, 4) is 0 Å². The van der Waals surface area contributed by atoms with Crippen molar-refractivity contribution in [1.82, 2.24) is 14.5 Å². The molecule has 3 aromatic rings. The van der Waals surface area contributed by atoms with Crippen molar-refractivity contribution < 1.29 is 4.79 Å². The molecule has 1 fully saturated rings. The van der Waals surface area contributed by atoms with Gasteiger partial charge in [-0.05, 0) is 50.1 Å². The van der Waals surface area contributed by atoms with E-state index in [-0.39, 0.29) is 11.5 Å². The summed E-state index contributed by atoms with van der Waals surface area (Å²) in [5.74, 6) is -0.0372. The number of para-hydroxylation sites is 1. The van der Waals surface area contributed by atoms with E-state index in [1.807, 2.05) is 17.0 Å². The first-order valence-electron chi connectivity index (χ1n) is 10.0. The molecule has 1 aromatic heterocycles. The third-order valence-electron chi connectivity index (χ3n) is 5.97. The van der Waals surface area contributed by atoms with Gasteiger partial charge in [-0.25, -0.2) is 4.98 Å². The molecule has 150 valence electrons. The molecular weight excluding hydrogens is 364 g/mol. The Hall–Kier alpha value is -3.15. The Morgan fingerprint density at radius 3 is 2.48 bits per heavy atom. The molecule has 2 heterocycles. The molecule has 0 aliphatic carbocycles. The molecule has 6 heteroatoms. The molecule has 0 unspecified atom stereocenters. The number of hydrogen-bond acceptors (Lipinski definition) is 4. The molecule has 4 rings (SSSR count). The molecule has 1 aliphatic heterocycles. The van der Waals surface area contributed by atoms with Crippen LogP contribution in [0.15, 0.2) is 53.6 Å². The van der Waals surface area contributed by atoms with Crippen molar-refractivity contribution in [2.24, 2.45) is 0 Å². The predicted octanol–water partition coefficient (Wildman–Crippen LogP) is 2.92. The average molecular weight is 390 g/mol. The molecule has 1 atom stereocenters. The molecular formula is C23H26N4O2. The third-order valence-corrected chi connectivity index (χ3v) is 5.97. The Morgan fingerprint density at radius 1 is 1.00 bits per heavy atom. The number of aryl methyl sites for hydroxylation is 1. The van der Waals surface area contributed by atoms with Gasteiger partial charge in [0.2, 0.25) is 5.91 Å². The van der Waals surface area contributed by atoms with Crippen molar-refractivity contribution in [2.45, 2.75) is 26.8 Å². The fraction of sp³-hybridized carbons (Fsp3) is 0.348. The van der Waals surface area contributed by atoms with Gasteiger partial charge in [0.05, 0.1) is 17.2 Å². The minimum atomic E-state index is -0.577. The highest BCUT2D eigenvalue weighted by Gasteiger charge is 2.27. The second-order valence-corrected chi connectivity index (χ2v) is 7.68. The maximum absolute atomic E-state index is 13.1. The van der Waals surface area contributed by atoms with Gasteiger partial charge in [-0.15, -0.1) is 0 Å². The van der Waals surface area contributed by atoms with E-state index in [4.69, 9.17) is 0 Å².